The molecule has 8 heteroatoms. The SMILES string of the molecule is CC1(C)CCc2c(ccc(C(=O)/C=C/c3ccc(OCc4cn(-c5ccc(Cl)cc5)nn4)cc3)c2O)O1. The zero-order valence-corrected chi connectivity index (χ0v) is 21.3. The molecule has 0 spiro atoms. The van der Waals surface area contributed by atoms with Gasteiger partial charge in [-0.15, -0.1) is 5.10 Å². The summed E-state index contributed by atoms with van der Waals surface area (Å²) in [6, 6.07) is 18.0. The summed E-state index contributed by atoms with van der Waals surface area (Å²) in [6.45, 7) is 4.29. The molecule has 3 aromatic carbocycles. The third-order valence-electron chi connectivity index (χ3n) is 6.19. The lowest BCUT2D eigenvalue weighted by atomic mass is 9.91. The van der Waals surface area contributed by atoms with E-state index in [2.05, 4.69) is 10.3 Å². The van der Waals surface area contributed by atoms with Crippen LogP contribution in [0.1, 0.15) is 47.4 Å². The van der Waals surface area contributed by atoms with Gasteiger partial charge in [-0.3, -0.25) is 4.79 Å². The minimum absolute atomic E-state index is 0.000563. The monoisotopic (exact) mass is 515 g/mol. The molecule has 0 saturated heterocycles. The minimum atomic E-state index is -0.281. The summed E-state index contributed by atoms with van der Waals surface area (Å²) >= 11 is 5.93. The lowest BCUT2D eigenvalue weighted by molar-refractivity contribution is 0.0836. The van der Waals surface area contributed by atoms with E-state index >= 15 is 0 Å². The zero-order valence-electron chi connectivity index (χ0n) is 20.5. The second-order valence-electron chi connectivity index (χ2n) is 9.49. The molecule has 0 unspecified atom stereocenters. The van der Waals surface area contributed by atoms with Gasteiger partial charge < -0.3 is 14.6 Å². The second kappa shape index (κ2) is 10.1. The number of phenols is 1. The van der Waals surface area contributed by atoms with Gasteiger partial charge >= 0.3 is 0 Å². The number of hydrogen-bond donors (Lipinski definition) is 1. The van der Waals surface area contributed by atoms with Crippen LogP contribution in [0.3, 0.4) is 0 Å². The number of ether oxygens (including phenoxy) is 2. The molecule has 0 aliphatic carbocycles. The first-order valence-electron chi connectivity index (χ1n) is 11.9. The fourth-order valence-electron chi connectivity index (χ4n) is 4.11. The molecule has 5 rings (SSSR count). The van der Waals surface area contributed by atoms with Crippen molar-refractivity contribution < 1.29 is 19.4 Å². The molecule has 0 amide bonds. The molecule has 2 heterocycles. The lowest BCUT2D eigenvalue weighted by Gasteiger charge is -2.33. The molecule has 0 fully saturated rings. The Hall–Kier alpha value is -4.10. The second-order valence-corrected chi connectivity index (χ2v) is 9.92. The number of hydrogen-bond acceptors (Lipinski definition) is 6. The van der Waals surface area contributed by atoms with Crippen molar-refractivity contribution in [3.63, 3.8) is 0 Å². The zero-order chi connectivity index (χ0) is 26.0. The van der Waals surface area contributed by atoms with E-state index in [9.17, 15) is 9.90 Å². The summed E-state index contributed by atoms with van der Waals surface area (Å²) in [4.78, 5) is 12.8. The molecule has 37 heavy (non-hydrogen) atoms. The first kappa shape index (κ1) is 24.6. The highest BCUT2D eigenvalue weighted by atomic mass is 35.5. The standard InChI is InChI=1S/C29H26ClN3O4/c1-29(2)16-15-25-27(37-29)14-12-24(28(25)35)26(34)13-5-19-3-10-23(11-4-19)36-18-21-17-33(32-31-21)22-8-6-20(30)7-9-22/h3-14,17,35H,15-16,18H2,1-2H3/b13-5+. The summed E-state index contributed by atoms with van der Waals surface area (Å²) in [5.41, 5.74) is 3.05. The van der Waals surface area contributed by atoms with E-state index in [-0.39, 0.29) is 29.3 Å². The van der Waals surface area contributed by atoms with Crippen LogP contribution in [0.4, 0.5) is 0 Å². The number of rotatable bonds is 7. The Kier molecular flexibility index (Phi) is 6.72. The fraction of sp³-hybridized carbons (Fsp3) is 0.207. The van der Waals surface area contributed by atoms with Gasteiger partial charge in [0.1, 0.15) is 35.2 Å². The molecular weight excluding hydrogens is 490 g/mol. The van der Waals surface area contributed by atoms with Crippen LogP contribution in [-0.4, -0.2) is 31.5 Å². The molecule has 0 atom stereocenters. The molecule has 4 aromatic rings. The van der Waals surface area contributed by atoms with Gasteiger partial charge in [-0.1, -0.05) is 35.0 Å². The van der Waals surface area contributed by atoms with Gasteiger partial charge in [0, 0.05) is 10.6 Å². The summed E-state index contributed by atoms with van der Waals surface area (Å²) in [5.74, 6) is 1.03. The number of benzene rings is 3. The number of halogens is 1. The molecule has 7 nitrogen and oxygen atoms in total. The van der Waals surface area contributed by atoms with Crippen LogP contribution >= 0.6 is 11.6 Å². The van der Waals surface area contributed by atoms with Gasteiger partial charge in [-0.05, 0) is 86.9 Å². The fourth-order valence-corrected chi connectivity index (χ4v) is 4.23. The Labute approximate surface area is 219 Å². The average Bonchev–Trinajstić information content (AvgIpc) is 3.36. The normalized spacial score (nSPS) is 14.2. The summed E-state index contributed by atoms with van der Waals surface area (Å²) in [7, 11) is 0. The number of ketones is 1. The predicted octanol–water partition coefficient (Wildman–Crippen LogP) is 6.21. The number of nitrogens with zero attached hydrogens (tertiary/aromatic N) is 3. The number of carbonyl (C=O) groups is 1. The van der Waals surface area contributed by atoms with E-state index in [1.165, 1.54) is 6.08 Å². The Balaban J connectivity index is 1.19. The van der Waals surface area contributed by atoms with Crippen LogP contribution in [0.2, 0.25) is 5.02 Å². The molecule has 0 bridgehead atoms. The Morgan fingerprint density at radius 1 is 1.14 bits per heavy atom. The molecule has 1 N–H and O–H groups in total. The van der Waals surface area contributed by atoms with Gasteiger partial charge in [0.15, 0.2) is 5.78 Å². The van der Waals surface area contributed by atoms with Gasteiger partial charge in [0.25, 0.3) is 0 Å². The molecule has 0 radical (unpaired) electrons. The van der Waals surface area contributed by atoms with Crippen LogP contribution < -0.4 is 9.47 Å². The number of carbonyl (C=O) groups excluding carboxylic acids is 1. The first-order chi connectivity index (χ1) is 17.8. The number of aromatic hydroxyl groups is 1. The summed E-state index contributed by atoms with van der Waals surface area (Å²) < 4.78 is 13.4. The van der Waals surface area contributed by atoms with E-state index in [0.717, 1.165) is 17.7 Å². The van der Waals surface area contributed by atoms with E-state index in [4.69, 9.17) is 21.1 Å². The van der Waals surface area contributed by atoms with Crippen molar-refractivity contribution in [2.75, 3.05) is 0 Å². The quantitative estimate of drug-likeness (QED) is 0.233. The van der Waals surface area contributed by atoms with Gasteiger partial charge in [0.2, 0.25) is 0 Å². The van der Waals surface area contributed by atoms with E-state index in [1.807, 2.05) is 50.2 Å². The van der Waals surface area contributed by atoms with E-state index in [0.29, 0.717) is 34.2 Å². The Morgan fingerprint density at radius 3 is 2.65 bits per heavy atom. The summed E-state index contributed by atoms with van der Waals surface area (Å²) in [6.07, 6.45) is 6.41. The van der Waals surface area contributed by atoms with E-state index < -0.39 is 0 Å². The first-order valence-corrected chi connectivity index (χ1v) is 12.3. The smallest absolute Gasteiger partial charge is 0.189 e. The largest absolute Gasteiger partial charge is 0.507 e. The average molecular weight is 516 g/mol. The van der Waals surface area contributed by atoms with Crippen molar-refractivity contribution in [1.29, 1.82) is 0 Å². The van der Waals surface area contributed by atoms with Crippen LogP contribution in [0, 0.1) is 0 Å². The summed E-state index contributed by atoms with van der Waals surface area (Å²) in [5, 5.41) is 19.6. The highest BCUT2D eigenvalue weighted by Gasteiger charge is 2.29. The topological polar surface area (TPSA) is 86.5 Å². The van der Waals surface area contributed by atoms with Gasteiger partial charge in [-0.2, -0.15) is 0 Å². The molecule has 1 aromatic heterocycles. The lowest BCUT2D eigenvalue weighted by Crippen LogP contribution is -2.32. The van der Waals surface area contributed by atoms with Crippen molar-refractivity contribution in [3.8, 4) is 22.9 Å². The van der Waals surface area contributed by atoms with Crippen molar-refractivity contribution in [2.45, 2.75) is 38.9 Å². The third kappa shape index (κ3) is 5.67. The van der Waals surface area contributed by atoms with Crippen LogP contribution in [-0.2, 0) is 13.0 Å². The molecule has 0 saturated carbocycles. The molecule has 1 aliphatic rings. The maximum absolute atomic E-state index is 12.8. The Bertz CT molecular complexity index is 1460. The number of fused-ring (bicyclic) bond motifs is 1. The van der Waals surface area contributed by atoms with Crippen molar-refractivity contribution in [3.05, 3.63) is 100 Å². The van der Waals surface area contributed by atoms with Crippen molar-refractivity contribution >= 4 is 23.5 Å². The maximum atomic E-state index is 12.8. The Morgan fingerprint density at radius 2 is 1.89 bits per heavy atom. The van der Waals surface area contributed by atoms with Gasteiger partial charge in [-0.25, -0.2) is 4.68 Å². The number of phenolic OH excluding ortho intramolecular Hbond substituents is 1. The maximum Gasteiger partial charge on any atom is 0.189 e. The van der Waals surface area contributed by atoms with Crippen LogP contribution in [0.15, 0.2) is 72.9 Å². The predicted molar refractivity (Wildman–Crippen MR) is 142 cm³/mol. The van der Waals surface area contributed by atoms with Crippen LogP contribution in [0.25, 0.3) is 11.8 Å². The highest BCUT2D eigenvalue weighted by molar-refractivity contribution is 6.30. The minimum Gasteiger partial charge on any atom is -0.507 e. The highest BCUT2D eigenvalue weighted by Crippen LogP contribution is 2.40. The molecule has 188 valence electrons. The van der Waals surface area contributed by atoms with Crippen molar-refractivity contribution in [2.24, 2.45) is 0 Å². The van der Waals surface area contributed by atoms with Crippen LogP contribution in [0.5, 0.6) is 17.2 Å². The third-order valence-corrected chi connectivity index (χ3v) is 6.45. The number of aromatic nitrogens is 3. The van der Waals surface area contributed by atoms with E-state index in [1.54, 1.807) is 41.2 Å². The molecular formula is C29H26ClN3O4. The molecule has 1 aliphatic heterocycles. The van der Waals surface area contributed by atoms with Crippen molar-refractivity contribution in [1.82, 2.24) is 15.0 Å². The van der Waals surface area contributed by atoms with Gasteiger partial charge in [0.05, 0.1) is 17.4 Å². The number of allylic oxidation sites excluding steroid dienone is 1.